The largest absolute Gasteiger partial charge is 0.480 e. The third kappa shape index (κ3) is 4.87. The van der Waals surface area contributed by atoms with Crippen LogP contribution in [0.25, 0.3) is 0 Å². The maximum absolute atomic E-state index is 11.0. The summed E-state index contributed by atoms with van der Waals surface area (Å²) in [5.74, 6) is -2.62. The summed E-state index contributed by atoms with van der Waals surface area (Å²) in [7, 11) is 0. The molecular formula is C8H13NO8. The van der Waals surface area contributed by atoms with E-state index in [4.69, 9.17) is 15.3 Å². The first-order valence-electron chi connectivity index (χ1n) is 4.48. The average molecular weight is 251 g/mol. The van der Waals surface area contributed by atoms with Crippen LogP contribution in [-0.4, -0.2) is 74.7 Å². The first-order valence-corrected chi connectivity index (χ1v) is 4.48. The van der Waals surface area contributed by atoms with Gasteiger partial charge in [0, 0.05) is 0 Å². The minimum Gasteiger partial charge on any atom is -0.480 e. The smallest absolute Gasteiger partial charge is 0.322 e. The SMILES string of the molecule is O=C[C@H](O)[C@@H](O)[C@H](O)[C@H](O)C(=O)NCC(=O)O. The van der Waals surface area contributed by atoms with Crippen LogP contribution in [0.5, 0.6) is 0 Å². The highest BCUT2D eigenvalue weighted by Crippen LogP contribution is 2.04. The van der Waals surface area contributed by atoms with Gasteiger partial charge in [-0.15, -0.1) is 0 Å². The molecule has 17 heavy (non-hydrogen) atoms. The molecule has 0 saturated carbocycles. The van der Waals surface area contributed by atoms with Gasteiger partial charge >= 0.3 is 5.97 Å². The molecule has 0 spiro atoms. The molecule has 0 bridgehead atoms. The van der Waals surface area contributed by atoms with Gasteiger partial charge in [0.05, 0.1) is 0 Å². The number of aliphatic carboxylic acids is 1. The van der Waals surface area contributed by atoms with Crippen LogP contribution in [-0.2, 0) is 14.4 Å². The van der Waals surface area contributed by atoms with Gasteiger partial charge in [0.25, 0.3) is 5.91 Å². The number of aldehydes is 1. The number of aliphatic hydroxyl groups excluding tert-OH is 4. The van der Waals surface area contributed by atoms with Crippen LogP contribution < -0.4 is 5.32 Å². The van der Waals surface area contributed by atoms with Crippen LogP contribution in [0.2, 0.25) is 0 Å². The molecule has 4 atom stereocenters. The van der Waals surface area contributed by atoms with Crippen molar-refractivity contribution in [2.75, 3.05) is 6.54 Å². The van der Waals surface area contributed by atoms with E-state index in [2.05, 4.69) is 0 Å². The Hall–Kier alpha value is -1.55. The van der Waals surface area contributed by atoms with Crippen molar-refractivity contribution in [3.8, 4) is 0 Å². The van der Waals surface area contributed by atoms with Crippen molar-refractivity contribution in [3.05, 3.63) is 0 Å². The molecule has 9 heteroatoms. The van der Waals surface area contributed by atoms with E-state index >= 15 is 0 Å². The van der Waals surface area contributed by atoms with Crippen molar-refractivity contribution < 1.29 is 39.9 Å². The number of carboxylic acids is 1. The van der Waals surface area contributed by atoms with Gasteiger partial charge in [-0.1, -0.05) is 0 Å². The standard InChI is InChI=1S/C8H13NO8/c10-2-3(11)5(14)6(15)7(16)8(17)9-1-4(12)13/h2-3,5-7,11,14-16H,1H2,(H,9,17)(H,12,13)/t3-,5+,6-,7-/m0/s1. The molecule has 0 aliphatic carbocycles. The quantitative estimate of drug-likeness (QED) is 0.248. The van der Waals surface area contributed by atoms with E-state index in [1.807, 2.05) is 0 Å². The minimum atomic E-state index is -2.17. The molecule has 0 aromatic carbocycles. The Labute approximate surface area is 95.3 Å². The highest BCUT2D eigenvalue weighted by Gasteiger charge is 2.34. The molecule has 0 unspecified atom stereocenters. The van der Waals surface area contributed by atoms with Crippen molar-refractivity contribution in [2.45, 2.75) is 24.4 Å². The molecule has 1 amide bonds. The van der Waals surface area contributed by atoms with Gasteiger partial charge in [0.1, 0.15) is 24.9 Å². The molecule has 0 aromatic heterocycles. The molecule has 6 N–H and O–H groups in total. The number of nitrogens with one attached hydrogen (secondary N) is 1. The zero-order valence-electron chi connectivity index (χ0n) is 8.55. The predicted molar refractivity (Wildman–Crippen MR) is 50.7 cm³/mol. The number of hydrogen-bond donors (Lipinski definition) is 6. The molecule has 0 saturated heterocycles. The van der Waals surface area contributed by atoms with Crippen molar-refractivity contribution >= 4 is 18.2 Å². The Morgan fingerprint density at radius 3 is 2.06 bits per heavy atom. The van der Waals surface area contributed by atoms with Crippen LogP contribution in [0.3, 0.4) is 0 Å². The summed E-state index contributed by atoms with van der Waals surface area (Å²) < 4.78 is 0. The third-order valence-electron chi connectivity index (χ3n) is 1.85. The Kier molecular flexibility index (Phi) is 6.28. The fourth-order valence-corrected chi connectivity index (χ4v) is 0.892. The van der Waals surface area contributed by atoms with E-state index in [0.29, 0.717) is 0 Å². The normalized spacial score (nSPS) is 17.6. The maximum Gasteiger partial charge on any atom is 0.322 e. The van der Waals surface area contributed by atoms with Crippen LogP contribution in [0, 0.1) is 0 Å². The second-order valence-corrected chi connectivity index (χ2v) is 3.16. The van der Waals surface area contributed by atoms with Crippen LogP contribution in [0.4, 0.5) is 0 Å². The average Bonchev–Trinajstić information content (AvgIpc) is 2.31. The maximum atomic E-state index is 11.0. The summed E-state index contributed by atoms with van der Waals surface area (Å²) in [6, 6.07) is 0. The first-order chi connectivity index (χ1) is 7.81. The van der Waals surface area contributed by atoms with E-state index in [9.17, 15) is 24.6 Å². The van der Waals surface area contributed by atoms with Crippen molar-refractivity contribution in [1.82, 2.24) is 5.32 Å². The summed E-state index contributed by atoms with van der Waals surface area (Å²) >= 11 is 0. The monoisotopic (exact) mass is 251 g/mol. The highest BCUT2D eigenvalue weighted by molar-refractivity contribution is 5.84. The topological polar surface area (TPSA) is 164 Å². The molecular weight excluding hydrogens is 238 g/mol. The van der Waals surface area contributed by atoms with Crippen molar-refractivity contribution in [3.63, 3.8) is 0 Å². The number of amides is 1. The lowest BCUT2D eigenvalue weighted by Gasteiger charge is -2.23. The minimum absolute atomic E-state index is 0.0875. The lowest BCUT2D eigenvalue weighted by Crippen LogP contribution is -2.51. The first kappa shape index (κ1) is 15.4. The summed E-state index contributed by atoms with van der Waals surface area (Å²) in [5, 5.41) is 46.3. The number of rotatable bonds is 7. The molecule has 0 radical (unpaired) electrons. The van der Waals surface area contributed by atoms with E-state index in [-0.39, 0.29) is 6.29 Å². The number of carbonyl (C=O) groups excluding carboxylic acids is 2. The summed E-state index contributed by atoms with van der Waals surface area (Å²) in [6.45, 7) is -0.783. The number of carbonyl (C=O) groups is 3. The van der Waals surface area contributed by atoms with E-state index in [0.717, 1.165) is 0 Å². The molecule has 0 aliphatic rings. The fourth-order valence-electron chi connectivity index (χ4n) is 0.892. The van der Waals surface area contributed by atoms with Gasteiger partial charge < -0.3 is 35.6 Å². The Bertz CT molecular complexity index is 293. The van der Waals surface area contributed by atoms with Gasteiger partial charge in [-0.05, 0) is 0 Å². The number of carboxylic acid groups (broad SMARTS) is 1. The molecule has 0 rings (SSSR count). The van der Waals surface area contributed by atoms with Crippen molar-refractivity contribution in [2.24, 2.45) is 0 Å². The zero-order chi connectivity index (χ0) is 13.6. The number of aliphatic hydroxyl groups is 4. The van der Waals surface area contributed by atoms with Gasteiger partial charge in [0.2, 0.25) is 0 Å². The summed E-state index contributed by atoms with van der Waals surface area (Å²) in [4.78, 5) is 31.2. The Balaban J connectivity index is 4.37. The second kappa shape index (κ2) is 6.91. The summed E-state index contributed by atoms with van der Waals surface area (Å²) in [5.41, 5.74) is 0. The molecule has 0 fully saturated rings. The third-order valence-corrected chi connectivity index (χ3v) is 1.85. The highest BCUT2D eigenvalue weighted by atomic mass is 16.4. The summed E-state index contributed by atoms with van der Waals surface area (Å²) in [6.07, 6.45) is -8.40. The molecule has 0 aliphatic heterocycles. The van der Waals surface area contributed by atoms with Gasteiger partial charge in [0.15, 0.2) is 12.4 Å². The zero-order valence-corrected chi connectivity index (χ0v) is 8.55. The molecule has 0 aromatic rings. The second-order valence-electron chi connectivity index (χ2n) is 3.16. The molecule has 9 nitrogen and oxygen atoms in total. The van der Waals surface area contributed by atoms with E-state index in [1.54, 1.807) is 5.32 Å². The predicted octanol–water partition coefficient (Wildman–Crippen LogP) is -4.17. The van der Waals surface area contributed by atoms with Crippen LogP contribution in [0.15, 0.2) is 0 Å². The van der Waals surface area contributed by atoms with Gasteiger partial charge in [-0.25, -0.2) is 0 Å². The molecule has 0 heterocycles. The van der Waals surface area contributed by atoms with E-state index < -0.39 is 42.8 Å². The van der Waals surface area contributed by atoms with Gasteiger partial charge in [-0.2, -0.15) is 0 Å². The fraction of sp³-hybridized carbons (Fsp3) is 0.625. The number of hydrogen-bond acceptors (Lipinski definition) is 7. The Morgan fingerprint density at radius 2 is 1.65 bits per heavy atom. The molecule has 98 valence electrons. The lowest BCUT2D eigenvalue weighted by molar-refractivity contribution is -0.151. The van der Waals surface area contributed by atoms with Crippen LogP contribution in [0.1, 0.15) is 0 Å². The van der Waals surface area contributed by atoms with Crippen LogP contribution >= 0.6 is 0 Å². The van der Waals surface area contributed by atoms with Crippen molar-refractivity contribution in [1.29, 1.82) is 0 Å². The Morgan fingerprint density at radius 1 is 1.12 bits per heavy atom. The lowest BCUT2D eigenvalue weighted by atomic mass is 10.0. The van der Waals surface area contributed by atoms with Gasteiger partial charge in [-0.3, -0.25) is 9.59 Å². The van der Waals surface area contributed by atoms with E-state index in [1.165, 1.54) is 0 Å².